The lowest BCUT2D eigenvalue weighted by molar-refractivity contribution is -0.384. The van der Waals surface area contributed by atoms with Crippen LogP contribution in [0.5, 0.6) is 0 Å². The van der Waals surface area contributed by atoms with Gasteiger partial charge in [-0.1, -0.05) is 37.8 Å². The van der Waals surface area contributed by atoms with E-state index in [2.05, 4.69) is 12.2 Å². The van der Waals surface area contributed by atoms with Crippen LogP contribution in [0.25, 0.3) is 0 Å². The van der Waals surface area contributed by atoms with Crippen LogP contribution < -0.4 is 5.32 Å². The summed E-state index contributed by atoms with van der Waals surface area (Å²) in [6.45, 7) is 3.55. The van der Waals surface area contributed by atoms with Crippen molar-refractivity contribution in [3.63, 3.8) is 0 Å². The summed E-state index contributed by atoms with van der Waals surface area (Å²) in [6.07, 6.45) is 4.08. The Morgan fingerprint density at radius 2 is 2.08 bits per heavy atom. The highest BCUT2D eigenvalue weighted by molar-refractivity contribution is 6.32. The molecule has 0 saturated heterocycles. The van der Waals surface area contributed by atoms with Crippen LogP contribution in [-0.2, 0) is 9.53 Å². The largest absolute Gasteiger partial charge is 0.452 e. The average Bonchev–Trinajstić information content (AvgIpc) is 2.53. The minimum atomic E-state index is -0.816. The number of hydrogen-bond acceptors (Lipinski definition) is 5. The zero-order valence-corrected chi connectivity index (χ0v) is 14.5. The van der Waals surface area contributed by atoms with Gasteiger partial charge in [0.2, 0.25) is 0 Å². The highest BCUT2D eigenvalue weighted by atomic mass is 35.5. The third-order valence-electron chi connectivity index (χ3n) is 3.36. The monoisotopic (exact) mass is 356 g/mol. The molecule has 0 unspecified atom stereocenters. The average molecular weight is 357 g/mol. The molecular weight excluding hydrogens is 336 g/mol. The minimum absolute atomic E-state index is 0.000582. The SMILES string of the molecule is CCCCC[C@@H](C)NC(=O)COC(=O)c1ccc(Cl)c([N+](=O)[O-])c1. The maximum atomic E-state index is 11.9. The van der Waals surface area contributed by atoms with Crippen molar-refractivity contribution in [2.75, 3.05) is 6.61 Å². The van der Waals surface area contributed by atoms with Gasteiger partial charge in [-0.05, 0) is 25.5 Å². The molecule has 0 fully saturated rings. The first kappa shape index (κ1) is 19.9. The van der Waals surface area contributed by atoms with Crippen molar-refractivity contribution >= 4 is 29.2 Å². The van der Waals surface area contributed by atoms with Gasteiger partial charge in [-0.3, -0.25) is 14.9 Å². The summed E-state index contributed by atoms with van der Waals surface area (Å²) in [5.74, 6) is -1.22. The van der Waals surface area contributed by atoms with Crippen molar-refractivity contribution < 1.29 is 19.2 Å². The highest BCUT2D eigenvalue weighted by Gasteiger charge is 2.18. The summed E-state index contributed by atoms with van der Waals surface area (Å²) in [4.78, 5) is 33.7. The van der Waals surface area contributed by atoms with Crippen LogP contribution in [0, 0.1) is 10.1 Å². The Morgan fingerprint density at radius 3 is 2.71 bits per heavy atom. The standard InChI is InChI=1S/C16H21ClN2O5/c1-3-4-5-6-11(2)18-15(20)10-24-16(21)12-7-8-13(17)14(9-12)19(22)23/h7-9,11H,3-6,10H2,1-2H3,(H,18,20)/t11-/m1/s1. The van der Waals surface area contributed by atoms with Gasteiger partial charge < -0.3 is 10.1 Å². The molecule has 1 aromatic rings. The first-order valence-electron chi connectivity index (χ1n) is 7.75. The van der Waals surface area contributed by atoms with Gasteiger partial charge in [0, 0.05) is 12.1 Å². The van der Waals surface area contributed by atoms with Crippen molar-refractivity contribution in [2.45, 2.75) is 45.6 Å². The molecule has 1 N–H and O–H groups in total. The number of amides is 1. The molecule has 0 saturated carbocycles. The van der Waals surface area contributed by atoms with Crippen molar-refractivity contribution in [1.82, 2.24) is 5.32 Å². The van der Waals surface area contributed by atoms with Crippen LogP contribution in [0.4, 0.5) is 5.69 Å². The molecule has 0 spiro atoms. The van der Waals surface area contributed by atoms with Crippen LogP contribution >= 0.6 is 11.6 Å². The molecule has 132 valence electrons. The van der Waals surface area contributed by atoms with Crippen molar-refractivity contribution in [1.29, 1.82) is 0 Å². The second-order valence-electron chi connectivity index (χ2n) is 5.46. The molecule has 0 aliphatic carbocycles. The predicted octanol–water partition coefficient (Wildman–Crippen LogP) is 3.49. The van der Waals surface area contributed by atoms with Gasteiger partial charge in [-0.2, -0.15) is 0 Å². The van der Waals surface area contributed by atoms with E-state index in [-0.39, 0.29) is 22.3 Å². The molecule has 0 aliphatic rings. The molecule has 0 bridgehead atoms. The van der Waals surface area contributed by atoms with Gasteiger partial charge in [0.15, 0.2) is 6.61 Å². The number of ether oxygens (including phenoxy) is 1. The normalized spacial score (nSPS) is 11.6. The first-order valence-corrected chi connectivity index (χ1v) is 8.13. The Labute approximate surface area is 145 Å². The fourth-order valence-corrected chi connectivity index (χ4v) is 2.27. The van der Waals surface area contributed by atoms with Gasteiger partial charge in [0.25, 0.3) is 11.6 Å². The van der Waals surface area contributed by atoms with E-state index in [0.29, 0.717) is 0 Å². The second-order valence-corrected chi connectivity index (χ2v) is 5.87. The fraction of sp³-hybridized carbons (Fsp3) is 0.500. The lowest BCUT2D eigenvalue weighted by Gasteiger charge is -2.13. The molecule has 7 nitrogen and oxygen atoms in total. The van der Waals surface area contributed by atoms with E-state index in [1.807, 2.05) is 6.92 Å². The molecule has 0 radical (unpaired) electrons. The molecule has 1 amide bonds. The molecule has 1 rings (SSSR count). The number of unbranched alkanes of at least 4 members (excludes halogenated alkanes) is 2. The maximum Gasteiger partial charge on any atom is 0.338 e. The van der Waals surface area contributed by atoms with E-state index < -0.39 is 23.4 Å². The number of rotatable bonds is 9. The smallest absolute Gasteiger partial charge is 0.338 e. The number of halogens is 1. The molecule has 1 atom stereocenters. The molecular formula is C16H21ClN2O5. The highest BCUT2D eigenvalue weighted by Crippen LogP contribution is 2.25. The van der Waals surface area contributed by atoms with Crippen LogP contribution in [-0.4, -0.2) is 29.4 Å². The third kappa shape index (κ3) is 6.54. The number of hydrogen-bond donors (Lipinski definition) is 1. The van der Waals surface area contributed by atoms with Crippen molar-refractivity contribution in [3.8, 4) is 0 Å². The molecule has 0 heterocycles. The van der Waals surface area contributed by atoms with E-state index in [9.17, 15) is 19.7 Å². The summed E-state index contributed by atoms with van der Waals surface area (Å²) in [5, 5.41) is 13.5. The van der Waals surface area contributed by atoms with Gasteiger partial charge >= 0.3 is 5.97 Å². The first-order chi connectivity index (χ1) is 11.3. The zero-order chi connectivity index (χ0) is 18.1. The van der Waals surface area contributed by atoms with Crippen molar-refractivity contribution in [2.24, 2.45) is 0 Å². The Morgan fingerprint density at radius 1 is 1.38 bits per heavy atom. The Kier molecular flexibility index (Phi) is 8.18. The molecule has 8 heteroatoms. The molecule has 0 aliphatic heterocycles. The zero-order valence-electron chi connectivity index (χ0n) is 13.7. The van der Waals surface area contributed by atoms with Gasteiger partial charge in [0.1, 0.15) is 5.02 Å². The summed E-state index contributed by atoms with van der Waals surface area (Å²) in [6, 6.07) is 3.57. The molecule has 24 heavy (non-hydrogen) atoms. The Bertz CT molecular complexity index is 606. The number of esters is 1. The summed E-state index contributed by atoms with van der Waals surface area (Å²) in [7, 11) is 0. The maximum absolute atomic E-state index is 11.9. The lowest BCUT2D eigenvalue weighted by atomic mass is 10.1. The number of benzene rings is 1. The summed E-state index contributed by atoms with van der Waals surface area (Å²) >= 11 is 5.67. The van der Waals surface area contributed by atoms with E-state index >= 15 is 0 Å². The van der Waals surface area contributed by atoms with Gasteiger partial charge in [0.05, 0.1) is 10.5 Å². The van der Waals surface area contributed by atoms with E-state index in [1.54, 1.807) is 0 Å². The Hall–Kier alpha value is -2.15. The number of nitrogens with zero attached hydrogens (tertiary/aromatic N) is 1. The van der Waals surface area contributed by atoms with Crippen molar-refractivity contribution in [3.05, 3.63) is 38.9 Å². The molecule has 0 aromatic heterocycles. The summed E-state index contributed by atoms with van der Waals surface area (Å²) in [5.41, 5.74) is -0.421. The number of nitro benzene ring substituents is 1. The summed E-state index contributed by atoms with van der Waals surface area (Å²) < 4.78 is 4.87. The van der Waals surface area contributed by atoms with Gasteiger partial charge in [-0.25, -0.2) is 4.79 Å². The number of carbonyl (C=O) groups excluding carboxylic acids is 2. The fourth-order valence-electron chi connectivity index (χ4n) is 2.08. The minimum Gasteiger partial charge on any atom is -0.452 e. The lowest BCUT2D eigenvalue weighted by Crippen LogP contribution is -2.35. The quantitative estimate of drug-likeness (QED) is 0.316. The number of nitro groups is 1. The van der Waals surface area contributed by atoms with E-state index in [4.69, 9.17) is 16.3 Å². The van der Waals surface area contributed by atoms with Crippen LogP contribution in [0.15, 0.2) is 18.2 Å². The third-order valence-corrected chi connectivity index (χ3v) is 3.68. The molecule has 1 aromatic carbocycles. The second kappa shape index (κ2) is 9.87. The Balaban J connectivity index is 2.49. The predicted molar refractivity (Wildman–Crippen MR) is 90.1 cm³/mol. The topological polar surface area (TPSA) is 98.5 Å². The number of carbonyl (C=O) groups is 2. The van der Waals surface area contributed by atoms with Crippen LogP contribution in [0.2, 0.25) is 5.02 Å². The van der Waals surface area contributed by atoms with E-state index in [1.165, 1.54) is 12.1 Å². The van der Waals surface area contributed by atoms with Crippen LogP contribution in [0.1, 0.15) is 49.9 Å². The van der Waals surface area contributed by atoms with Crippen LogP contribution in [0.3, 0.4) is 0 Å². The van der Waals surface area contributed by atoms with E-state index in [0.717, 1.165) is 31.7 Å². The number of nitrogens with one attached hydrogen (secondary N) is 1. The van der Waals surface area contributed by atoms with Gasteiger partial charge in [-0.15, -0.1) is 0 Å².